The van der Waals surface area contributed by atoms with E-state index in [1.54, 1.807) is 0 Å². The highest BCUT2D eigenvalue weighted by Gasteiger charge is 2.55. The third kappa shape index (κ3) is 1.74. The van der Waals surface area contributed by atoms with Gasteiger partial charge in [0.2, 0.25) is 0 Å². The first-order chi connectivity index (χ1) is 10.0. The molecule has 3 aliphatic rings. The number of carbonyl (C=O) groups excluding carboxylic acids is 1. The first-order valence-electron chi connectivity index (χ1n) is 8.37. The largest absolute Gasteiger partial charge is 0.508 e. The second kappa shape index (κ2) is 4.34. The van der Waals surface area contributed by atoms with Crippen LogP contribution in [-0.4, -0.2) is 10.9 Å². The van der Waals surface area contributed by atoms with Gasteiger partial charge in [-0.1, -0.05) is 19.9 Å². The lowest BCUT2D eigenvalue weighted by atomic mass is 9.54. The molecule has 3 aliphatic carbocycles. The predicted octanol–water partition coefficient (Wildman–Crippen LogP) is 4.38. The van der Waals surface area contributed by atoms with Gasteiger partial charge in [0.15, 0.2) is 0 Å². The van der Waals surface area contributed by atoms with E-state index >= 15 is 0 Å². The number of phenols is 1. The molecule has 1 N–H and O–H groups in total. The number of ketones is 1. The molecule has 0 amide bonds. The van der Waals surface area contributed by atoms with E-state index < -0.39 is 0 Å². The molecule has 5 unspecified atom stereocenters. The van der Waals surface area contributed by atoms with Crippen molar-refractivity contribution in [2.24, 2.45) is 17.3 Å². The van der Waals surface area contributed by atoms with Crippen molar-refractivity contribution in [1.29, 1.82) is 0 Å². The molecule has 4 rings (SSSR count). The number of rotatable bonds is 0. The fourth-order valence-corrected chi connectivity index (χ4v) is 5.64. The minimum absolute atomic E-state index is 0.0463. The molecule has 2 nitrogen and oxygen atoms in total. The molecule has 5 atom stereocenters. The fourth-order valence-electron chi connectivity index (χ4n) is 5.64. The van der Waals surface area contributed by atoms with Crippen LogP contribution in [0.2, 0.25) is 0 Å². The Morgan fingerprint density at radius 1 is 1.24 bits per heavy atom. The van der Waals surface area contributed by atoms with Gasteiger partial charge in [-0.05, 0) is 72.6 Å². The quantitative estimate of drug-likeness (QED) is 0.767. The van der Waals surface area contributed by atoms with Crippen molar-refractivity contribution in [3.05, 3.63) is 29.3 Å². The van der Waals surface area contributed by atoms with Gasteiger partial charge in [-0.2, -0.15) is 0 Å². The monoisotopic (exact) mass is 284 g/mol. The summed E-state index contributed by atoms with van der Waals surface area (Å²) in [5.74, 6) is 3.22. The SMILES string of the molecule is CC1CC2C(CCC3(C)C(=O)CCC23)c2ccc(O)cc21. The molecule has 0 aliphatic heterocycles. The van der Waals surface area contributed by atoms with Gasteiger partial charge < -0.3 is 5.11 Å². The summed E-state index contributed by atoms with van der Waals surface area (Å²) < 4.78 is 0. The Morgan fingerprint density at radius 3 is 2.86 bits per heavy atom. The highest BCUT2D eigenvalue weighted by atomic mass is 16.3. The Bertz CT molecular complexity index is 606. The van der Waals surface area contributed by atoms with Crippen LogP contribution in [-0.2, 0) is 4.79 Å². The van der Waals surface area contributed by atoms with Crippen molar-refractivity contribution < 1.29 is 9.90 Å². The van der Waals surface area contributed by atoms with Gasteiger partial charge in [0.1, 0.15) is 11.5 Å². The van der Waals surface area contributed by atoms with E-state index in [4.69, 9.17) is 0 Å². The van der Waals surface area contributed by atoms with E-state index in [0.29, 0.717) is 35.2 Å². The zero-order valence-corrected chi connectivity index (χ0v) is 12.9. The molecule has 0 aromatic heterocycles. The predicted molar refractivity (Wildman–Crippen MR) is 82.4 cm³/mol. The van der Waals surface area contributed by atoms with Crippen LogP contribution < -0.4 is 0 Å². The summed E-state index contributed by atoms with van der Waals surface area (Å²) in [6.07, 6.45) is 5.24. The van der Waals surface area contributed by atoms with Gasteiger partial charge in [-0.3, -0.25) is 4.79 Å². The summed E-state index contributed by atoms with van der Waals surface area (Å²) in [7, 11) is 0. The average Bonchev–Trinajstić information content (AvgIpc) is 2.76. The number of fused-ring (bicyclic) bond motifs is 5. The van der Waals surface area contributed by atoms with Gasteiger partial charge in [-0.25, -0.2) is 0 Å². The number of benzene rings is 1. The number of carbonyl (C=O) groups is 1. The molecule has 2 saturated carbocycles. The van der Waals surface area contributed by atoms with Crippen LogP contribution in [0, 0.1) is 17.3 Å². The number of hydrogen-bond donors (Lipinski definition) is 1. The summed E-state index contributed by atoms with van der Waals surface area (Å²) >= 11 is 0. The number of hydrogen-bond acceptors (Lipinski definition) is 2. The third-order valence-corrected chi connectivity index (χ3v) is 6.77. The Balaban J connectivity index is 1.77. The maximum Gasteiger partial charge on any atom is 0.139 e. The van der Waals surface area contributed by atoms with Gasteiger partial charge in [-0.15, -0.1) is 0 Å². The molecular weight excluding hydrogens is 260 g/mol. The average molecular weight is 284 g/mol. The Labute approximate surface area is 126 Å². The minimum atomic E-state index is -0.0463. The molecule has 1 aromatic rings. The smallest absolute Gasteiger partial charge is 0.139 e. The molecule has 0 spiro atoms. The molecule has 0 bridgehead atoms. The van der Waals surface area contributed by atoms with E-state index in [1.165, 1.54) is 17.5 Å². The van der Waals surface area contributed by atoms with E-state index in [9.17, 15) is 9.90 Å². The normalized spacial score (nSPS) is 41.3. The second-order valence-electron chi connectivity index (χ2n) is 7.74. The van der Waals surface area contributed by atoms with Crippen molar-refractivity contribution in [2.45, 2.75) is 57.8 Å². The molecule has 112 valence electrons. The van der Waals surface area contributed by atoms with E-state index in [2.05, 4.69) is 19.9 Å². The van der Waals surface area contributed by atoms with Crippen molar-refractivity contribution >= 4 is 5.78 Å². The topological polar surface area (TPSA) is 37.3 Å². The summed E-state index contributed by atoms with van der Waals surface area (Å²) in [5, 5.41) is 9.78. The Kier molecular flexibility index (Phi) is 2.76. The Morgan fingerprint density at radius 2 is 2.05 bits per heavy atom. The third-order valence-electron chi connectivity index (χ3n) is 6.77. The van der Waals surface area contributed by atoms with Crippen LogP contribution in [0.25, 0.3) is 0 Å². The van der Waals surface area contributed by atoms with Gasteiger partial charge in [0.05, 0.1) is 0 Å². The van der Waals surface area contributed by atoms with Crippen LogP contribution in [0.4, 0.5) is 0 Å². The van der Waals surface area contributed by atoms with E-state index in [1.807, 2.05) is 12.1 Å². The first kappa shape index (κ1) is 13.4. The highest BCUT2D eigenvalue weighted by molar-refractivity contribution is 5.87. The number of Topliss-reactive ketones (excluding diaryl/α,β-unsaturated/α-hetero) is 1. The van der Waals surface area contributed by atoms with Crippen LogP contribution in [0.3, 0.4) is 0 Å². The lowest BCUT2D eigenvalue weighted by molar-refractivity contribution is -0.129. The highest BCUT2D eigenvalue weighted by Crippen LogP contribution is 2.61. The molecule has 2 fully saturated rings. The fraction of sp³-hybridized carbons (Fsp3) is 0.632. The van der Waals surface area contributed by atoms with Crippen molar-refractivity contribution in [3.63, 3.8) is 0 Å². The van der Waals surface area contributed by atoms with Crippen molar-refractivity contribution in [1.82, 2.24) is 0 Å². The molecule has 2 heteroatoms. The summed E-state index contributed by atoms with van der Waals surface area (Å²) in [6, 6.07) is 5.93. The molecule has 0 radical (unpaired) electrons. The van der Waals surface area contributed by atoms with E-state index in [-0.39, 0.29) is 5.41 Å². The minimum Gasteiger partial charge on any atom is -0.508 e. The van der Waals surface area contributed by atoms with Crippen LogP contribution in [0.1, 0.15) is 68.9 Å². The van der Waals surface area contributed by atoms with Gasteiger partial charge in [0.25, 0.3) is 0 Å². The van der Waals surface area contributed by atoms with Crippen molar-refractivity contribution in [3.8, 4) is 5.75 Å². The molecule has 1 aromatic carbocycles. The molecule has 0 heterocycles. The zero-order valence-electron chi connectivity index (χ0n) is 12.9. The summed E-state index contributed by atoms with van der Waals surface area (Å²) in [6.45, 7) is 4.50. The van der Waals surface area contributed by atoms with Crippen LogP contribution in [0.15, 0.2) is 18.2 Å². The molecule has 0 saturated heterocycles. The maximum absolute atomic E-state index is 12.3. The zero-order chi connectivity index (χ0) is 14.8. The lowest BCUT2D eigenvalue weighted by Crippen LogP contribution is -2.42. The second-order valence-corrected chi connectivity index (χ2v) is 7.74. The number of aromatic hydroxyl groups is 1. The van der Waals surface area contributed by atoms with Gasteiger partial charge >= 0.3 is 0 Å². The lowest BCUT2D eigenvalue weighted by Gasteiger charge is -2.49. The van der Waals surface area contributed by atoms with Crippen LogP contribution in [0.5, 0.6) is 5.75 Å². The molecule has 21 heavy (non-hydrogen) atoms. The van der Waals surface area contributed by atoms with Crippen molar-refractivity contribution in [2.75, 3.05) is 0 Å². The Hall–Kier alpha value is -1.31. The standard InChI is InChI=1S/C19H24O2/c1-11-9-16-14(13-4-3-12(20)10-15(11)13)7-8-19(2)17(16)5-6-18(19)21/h3-4,10-11,14,16-17,20H,5-9H2,1-2H3. The van der Waals surface area contributed by atoms with Gasteiger partial charge in [0, 0.05) is 11.8 Å². The summed E-state index contributed by atoms with van der Waals surface area (Å²) in [4.78, 5) is 12.3. The van der Waals surface area contributed by atoms with E-state index in [0.717, 1.165) is 25.7 Å². The maximum atomic E-state index is 12.3. The summed E-state index contributed by atoms with van der Waals surface area (Å²) in [5.41, 5.74) is 2.73. The molecular formula is C19H24O2. The van der Waals surface area contributed by atoms with Crippen LogP contribution >= 0.6 is 0 Å². The first-order valence-corrected chi connectivity index (χ1v) is 8.37. The number of phenolic OH excluding ortho intramolecular Hbond substituents is 1.